The largest absolute Gasteiger partial charge is 3.00 e. The zero-order valence-corrected chi connectivity index (χ0v) is 24.1. The molecule has 0 unspecified atom stereocenters. The van der Waals surface area contributed by atoms with Crippen molar-refractivity contribution in [1.82, 2.24) is 0 Å². The van der Waals surface area contributed by atoms with Crippen LogP contribution in [0, 0.1) is 154 Å². The first-order valence-electron chi connectivity index (χ1n) is 1.84. The molecule has 0 amide bonds. The van der Waals surface area contributed by atoms with Crippen LogP contribution in [-0.4, -0.2) is 27.5 Å². The van der Waals surface area contributed by atoms with E-state index < -0.39 is 27.5 Å². The Kier molecular flexibility index (Phi) is 155. The van der Waals surface area contributed by atoms with Crippen molar-refractivity contribution in [3.05, 3.63) is 0 Å². The van der Waals surface area contributed by atoms with Crippen LogP contribution in [0.5, 0.6) is 0 Å². The second-order valence-electron chi connectivity index (χ2n) is 0.750. The quantitative estimate of drug-likeness (QED) is 0.213. The molecule has 0 atom stereocenters. The normalized spacial score (nSPS) is 4.00. The standard InChI is InChI=1S/2Gd.2Lu.3O3Si.2Y/c;;;;3*1-4(2)3;;/q;;;;3*-2;2*+3. The van der Waals surface area contributed by atoms with E-state index in [0.29, 0.717) is 0 Å². The Morgan fingerprint density at radius 1 is 0.500 bits per heavy atom. The van der Waals surface area contributed by atoms with E-state index in [9.17, 15) is 0 Å². The molecule has 0 N–H and O–H groups in total. The van der Waals surface area contributed by atoms with Gasteiger partial charge in [-0.3, -0.25) is 0 Å². The molecular weight excluding hydrogens is 1070 g/mol. The van der Waals surface area contributed by atoms with Crippen LogP contribution < -0.4 is 28.8 Å². The van der Waals surface area contributed by atoms with E-state index in [4.69, 9.17) is 42.2 Å². The van der Waals surface area contributed by atoms with Crippen LogP contribution in [0.3, 0.4) is 0 Å². The van der Waals surface area contributed by atoms with Crippen LogP contribution in [0.25, 0.3) is 0 Å². The fraction of sp³-hybridized carbons (Fsp3) is 0. The van der Waals surface area contributed by atoms with Gasteiger partial charge in [-0.25, -0.2) is 0 Å². The number of hydrogen-bond donors (Lipinski definition) is 0. The maximum Gasteiger partial charge on any atom is 3.00 e. The van der Waals surface area contributed by atoms with Crippen molar-refractivity contribution >= 4 is 27.5 Å². The monoisotopic (exact) mass is 1070 g/mol. The van der Waals surface area contributed by atoms with Crippen LogP contribution in [0.15, 0.2) is 0 Å². The van der Waals surface area contributed by atoms with E-state index in [1.54, 1.807) is 0 Å². The molecule has 0 aromatic rings. The molecule has 0 saturated heterocycles. The van der Waals surface area contributed by atoms with Crippen LogP contribution in [0.4, 0.5) is 0 Å². The number of rotatable bonds is 0. The zero-order chi connectivity index (χ0) is 10.7. The maximum absolute atomic E-state index is 8.52. The SMILES string of the molecule is O=[Si]([O-])[O-].O=[Si]([O-])[O-].O=[Si]([O-])[O-].[Gd].[Gd].[Lu].[Lu].[Y+3].[Y+3]. The minimum absolute atomic E-state index is 0. The first-order valence-corrected chi connectivity index (χ1v) is 5.51. The van der Waals surface area contributed by atoms with Gasteiger partial charge < -0.3 is 42.2 Å². The van der Waals surface area contributed by atoms with Gasteiger partial charge in [-0.05, 0) is 0 Å². The molecule has 0 aliphatic carbocycles. The van der Waals surface area contributed by atoms with Crippen LogP contribution in [0.2, 0.25) is 0 Å². The summed E-state index contributed by atoms with van der Waals surface area (Å²) in [5.74, 6) is 0. The summed E-state index contributed by atoms with van der Waals surface area (Å²) in [7, 11) is -10.9. The van der Waals surface area contributed by atoms with Gasteiger partial charge in [0.05, 0.1) is 0 Å². The van der Waals surface area contributed by atoms with Gasteiger partial charge in [0.2, 0.25) is 0 Å². The summed E-state index contributed by atoms with van der Waals surface area (Å²) in [4.78, 5) is 51.1. The topological polar surface area (TPSA) is 190 Å². The van der Waals surface area contributed by atoms with E-state index in [0.717, 1.165) is 0 Å². The molecule has 118 valence electrons. The first kappa shape index (κ1) is 56.4. The minimum Gasteiger partial charge on any atom is -0.672 e. The van der Waals surface area contributed by atoms with Crippen molar-refractivity contribution in [1.29, 1.82) is 0 Å². The molecule has 0 aliphatic heterocycles. The van der Waals surface area contributed by atoms with Gasteiger partial charge in [-0.1, -0.05) is 0 Å². The molecule has 9 nitrogen and oxygen atoms in total. The van der Waals surface area contributed by atoms with E-state index in [-0.39, 0.29) is 219 Å². The third-order valence-electron chi connectivity index (χ3n) is 0. The predicted octanol–water partition coefficient (Wildman–Crippen LogP) is -8.64. The Bertz CT molecular complexity index is 133. The van der Waals surface area contributed by atoms with Gasteiger partial charge in [0.1, 0.15) is 0 Å². The first-order chi connectivity index (χ1) is 5.20. The van der Waals surface area contributed by atoms with Crippen LogP contribution in [0.1, 0.15) is 0 Å². The van der Waals surface area contributed by atoms with Crippen molar-refractivity contribution < 1.29 is 261 Å². The minimum atomic E-state index is -3.63. The van der Waals surface area contributed by atoms with Gasteiger partial charge in [0, 0.05) is 181 Å². The molecule has 0 fully saturated rings. The molecule has 0 aromatic heterocycles. The van der Waals surface area contributed by atoms with Gasteiger partial charge in [-0.2, -0.15) is 0 Å². The van der Waals surface area contributed by atoms with E-state index >= 15 is 0 Å². The molecule has 0 rings (SSSR count). The summed E-state index contributed by atoms with van der Waals surface area (Å²) >= 11 is 0. The molecule has 0 aromatic carbocycles. The molecule has 0 heterocycles. The molecule has 18 heteroatoms. The van der Waals surface area contributed by atoms with Crippen molar-refractivity contribution in [2.24, 2.45) is 0 Å². The second-order valence-corrected chi connectivity index (χ2v) is 2.25. The average molecular weight is 1070 g/mol. The molecule has 2 radical (unpaired) electrons. The Morgan fingerprint density at radius 2 is 0.500 bits per heavy atom. The fourth-order valence-electron chi connectivity index (χ4n) is 0. The summed E-state index contributed by atoms with van der Waals surface area (Å²) in [5.41, 5.74) is 0. The predicted molar refractivity (Wildman–Crippen MR) is 19.3 cm³/mol. The molecular formula is Gd2Lu2O9Si3Y2. The maximum atomic E-state index is 8.52. The zero-order valence-electron chi connectivity index (χ0n) is 7.55. The van der Waals surface area contributed by atoms with E-state index in [1.165, 1.54) is 0 Å². The van der Waals surface area contributed by atoms with E-state index in [1.807, 2.05) is 0 Å². The molecule has 0 saturated carbocycles. The van der Waals surface area contributed by atoms with Gasteiger partial charge >= 0.3 is 65.4 Å². The smallest absolute Gasteiger partial charge is 0.672 e. The van der Waals surface area contributed by atoms with Crippen LogP contribution >= 0.6 is 0 Å². The third kappa shape index (κ3) is 261. The Morgan fingerprint density at radius 3 is 0.500 bits per heavy atom. The van der Waals surface area contributed by atoms with Crippen molar-refractivity contribution in [3.8, 4) is 0 Å². The summed E-state index contributed by atoms with van der Waals surface area (Å²) in [6.07, 6.45) is 0. The second kappa shape index (κ2) is 49.5. The average Bonchev–Trinajstić information content (AvgIpc) is 1.54. The summed E-state index contributed by atoms with van der Waals surface area (Å²) in [6, 6.07) is 0. The van der Waals surface area contributed by atoms with Crippen molar-refractivity contribution in [2.45, 2.75) is 0 Å². The molecule has 0 aliphatic rings. The molecule has 0 spiro atoms. The number of hydrogen-bond acceptors (Lipinski definition) is 9. The fourth-order valence-corrected chi connectivity index (χ4v) is 0. The third-order valence-corrected chi connectivity index (χ3v) is 0. The summed E-state index contributed by atoms with van der Waals surface area (Å²) < 4.78 is 25.6. The van der Waals surface area contributed by atoms with E-state index in [2.05, 4.69) is 0 Å². The Labute approximate surface area is 280 Å². The Balaban J connectivity index is -0.00000000827. The van der Waals surface area contributed by atoms with Crippen LogP contribution in [-0.2, 0) is 78.8 Å². The van der Waals surface area contributed by atoms with Crippen molar-refractivity contribution in [3.63, 3.8) is 0 Å². The van der Waals surface area contributed by atoms with Gasteiger partial charge in [0.15, 0.2) is 0 Å². The molecule has 0 bridgehead atoms. The van der Waals surface area contributed by atoms with Gasteiger partial charge in [0.25, 0.3) is 0 Å². The van der Waals surface area contributed by atoms with Crippen molar-refractivity contribution in [2.75, 3.05) is 0 Å². The summed E-state index contributed by atoms with van der Waals surface area (Å²) in [6.45, 7) is 0. The molecule has 18 heavy (non-hydrogen) atoms. The summed E-state index contributed by atoms with van der Waals surface area (Å²) in [5, 5.41) is 0. The Hall–Kier alpha value is 6.18. The van der Waals surface area contributed by atoms with Gasteiger partial charge in [-0.15, -0.1) is 0 Å².